The van der Waals surface area contributed by atoms with Crippen molar-refractivity contribution in [1.29, 1.82) is 0 Å². The second-order valence-corrected chi connectivity index (χ2v) is 8.03. The Morgan fingerprint density at radius 1 is 0.933 bits per heavy atom. The van der Waals surface area contributed by atoms with E-state index in [0.29, 0.717) is 16.7 Å². The van der Waals surface area contributed by atoms with E-state index in [2.05, 4.69) is 5.32 Å². The Hall–Kier alpha value is -2.70. The van der Waals surface area contributed by atoms with Crippen molar-refractivity contribution in [1.82, 2.24) is 15.1 Å². The maximum absolute atomic E-state index is 13.3. The van der Waals surface area contributed by atoms with Crippen molar-refractivity contribution >= 4 is 30.1 Å². The molecule has 0 saturated carbocycles. The first-order valence-corrected chi connectivity index (χ1v) is 10.2. The van der Waals surface area contributed by atoms with Crippen LogP contribution in [0.1, 0.15) is 55.9 Å². The van der Waals surface area contributed by atoms with Gasteiger partial charge in [0.1, 0.15) is 0 Å². The van der Waals surface area contributed by atoms with Crippen LogP contribution in [-0.2, 0) is 6.54 Å². The summed E-state index contributed by atoms with van der Waals surface area (Å²) in [6.45, 7) is 1.98. The van der Waals surface area contributed by atoms with Gasteiger partial charge in [-0.25, -0.2) is 0 Å². The fourth-order valence-electron chi connectivity index (χ4n) is 4.80. The number of carbonyl (C=O) groups excluding carboxylic acids is 3. The van der Waals surface area contributed by atoms with Gasteiger partial charge in [-0.3, -0.25) is 19.3 Å². The Morgan fingerprint density at radius 2 is 1.67 bits per heavy atom. The van der Waals surface area contributed by atoms with E-state index < -0.39 is 0 Å². The van der Waals surface area contributed by atoms with E-state index in [0.717, 1.165) is 37.9 Å². The summed E-state index contributed by atoms with van der Waals surface area (Å²) < 4.78 is 0. The third-order valence-corrected chi connectivity index (χ3v) is 6.29. The highest BCUT2D eigenvalue weighted by molar-refractivity contribution is 6.22. The SMILES string of the molecule is Cl.O=C1c2ccc(C(=O)N3C4CCNCC3CC4)cc2C(=O)N1Cc1ccccc1. The Labute approximate surface area is 181 Å². The number of fused-ring (bicyclic) bond motifs is 3. The highest BCUT2D eigenvalue weighted by Crippen LogP contribution is 2.31. The van der Waals surface area contributed by atoms with Gasteiger partial charge in [0.15, 0.2) is 0 Å². The lowest BCUT2D eigenvalue weighted by Crippen LogP contribution is -2.42. The van der Waals surface area contributed by atoms with Crippen molar-refractivity contribution in [2.24, 2.45) is 0 Å². The molecule has 30 heavy (non-hydrogen) atoms. The van der Waals surface area contributed by atoms with Gasteiger partial charge in [-0.05, 0) is 49.6 Å². The minimum atomic E-state index is -0.330. The smallest absolute Gasteiger partial charge is 0.261 e. The zero-order valence-corrected chi connectivity index (χ0v) is 17.4. The topological polar surface area (TPSA) is 69.7 Å². The molecule has 0 aliphatic carbocycles. The molecule has 1 N–H and O–H groups in total. The summed E-state index contributed by atoms with van der Waals surface area (Å²) in [5.74, 6) is -0.665. The van der Waals surface area contributed by atoms with Crippen molar-refractivity contribution in [3.8, 4) is 0 Å². The van der Waals surface area contributed by atoms with E-state index in [1.54, 1.807) is 18.2 Å². The van der Waals surface area contributed by atoms with E-state index in [9.17, 15) is 14.4 Å². The van der Waals surface area contributed by atoms with E-state index in [1.807, 2.05) is 35.2 Å². The number of imide groups is 1. The molecule has 0 radical (unpaired) electrons. The fourth-order valence-corrected chi connectivity index (χ4v) is 4.80. The molecule has 7 heteroatoms. The molecule has 0 aromatic heterocycles. The monoisotopic (exact) mass is 425 g/mol. The number of amides is 3. The normalized spacial score (nSPS) is 22.5. The molecule has 0 spiro atoms. The van der Waals surface area contributed by atoms with Crippen molar-refractivity contribution in [3.05, 3.63) is 70.8 Å². The second kappa shape index (κ2) is 8.20. The number of benzene rings is 2. The van der Waals surface area contributed by atoms with Gasteiger partial charge < -0.3 is 10.2 Å². The minimum absolute atomic E-state index is 0. The van der Waals surface area contributed by atoms with Gasteiger partial charge >= 0.3 is 0 Å². The number of rotatable bonds is 3. The maximum Gasteiger partial charge on any atom is 0.261 e. The Morgan fingerprint density at radius 3 is 2.47 bits per heavy atom. The van der Waals surface area contributed by atoms with E-state index >= 15 is 0 Å². The van der Waals surface area contributed by atoms with E-state index in [4.69, 9.17) is 0 Å². The lowest BCUT2D eigenvalue weighted by atomic mass is 10.0. The molecule has 2 aromatic carbocycles. The molecule has 2 unspecified atom stereocenters. The van der Waals surface area contributed by atoms with Crippen LogP contribution in [0.15, 0.2) is 48.5 Å². The molecule has 3 amide bonds. The Bertz CT molecular complexity index is 980. The third-order valence-electron chi connectivity index (χ3n) is 6.29. The Kier molecular flexibility index (Phi) is 5.62. The van der Waals surface area contributed by atoms with Crippen molar-refractivity contribution in [2.75, 3.05) is 13.1 Å². The largest absolute Gasteiger partial charge is 0.331 e. The second-order valence-electron chi connectivity index (χ2n) is 8.03. The molecule has 3 aliphatic heterocycles. The molecule has 156 valence electrons. The lowest BCUT2D eigenvalue weighted by molar-refractivity contribution is 0.0641. The molecular formula is C23H24ClN3O3. The van der Waals surface area contributed by atoms with Crippen molar-refractivity contribution in [3.63, 3.8) is 0 Å². The van der Waals surface area contributed by atoms with Gasteiger partial charge in [0.25, 0.3) is 17.7 Å². The number of nitrogens with zero attached hydrogens (tertiary/aromatic N) is 2. The molecule has 2 atom stereocenters. The summed E-state index contributed by atoms with van der Waals surface area (Å²) in [6, 6.07) is 14.8. The summed E-state index contributed by atoms with van der Waals surface area (Å²) in [7, 11) is 0. The summed E-state index contributed by atoms with van der Waals surface area (Å²) >= 11 is 0. The first kappa shape index (κ1) is 20.6. The third kappa shape index (κ3) is 3.40. The minimum Gasteiger partial charge on any atom is -0.331 e. The van der Waals surface area contributed by atoms with Gasteiger partial charge in [-0.2, -0.15) is 0 Å². The molecule has 5 rings (SSSR count). The van der Waals surface area contributed by atoms with Gasteiger partial charge in [0.05, 0.1) is 17.7 Å². The van der Waals surface area contributed by atoms with E-state index in [-0.39, 0.29) is 48.8 Å². The van der Waals surface area contributed by atoms with Crippen LogP contribution in [0.2, 0.25) is 0 Å². The van der Waals surface area contributed by atoms with Crippen LogP contribution in [0, 0.1) is 0 Å². The first-order valence-electron chi connectivity index (χ1n) is 10.2. The summed E-state index contributed by atoms with van der Waals surface area (Å²) in [4.78, 5) is 42.2. The summed E-state index contributed by atoms with van der Waals surface area (Å²) in [6.07, 6.45) is 3.00. The number of hydrogen-bond acceptors (Lipinski definition) is 4. The molecule has 3 heterocycles. The van der Waals surface area contributed by atoms with Crippen molar-refractivity contribution < 1.29 is 14.4 Å². The summed E-state index contributed by atoms with van der Waals surface area (Å²) in [5, 5.41) is 3.40. The maximum atomic E-state index is 13.3. The highest BCUT2D eigenvalue weighted by atomic mass is 35.5. The van der Waals surface area contributed by atoms with Gasteiger partial charge in [0.2, 0.25) is 0 Å². The van der Waals surface area contributed by atoms with Gasteiger partial charge in [0, 0.05) is 24.2 Å². The Balaban J connectivity index is 0.00000218. The average molecular weight is 426 g/mol. The lowest BCUT2D eigenvalue weighted by Gasteiger charge is -2.28. The van der Waals surface area contributed by atoms with Crippen LogP contribution in [0.4, 0.5) is 0 Å². The van der Waals surface area contributed by atoms with Crippen LogP contribution < -0.4 is 5.32 Å². The molecular weight excluding hydrogens is 402 g/mol. The highest BCUT2D eigenvalue weighted by Gasteiger charge is 2.40. The zero-order valence-electron chi connectivity index (χ0n) is 16.5. The molecule has 2 saturated heterocycles. The van der Waals surface area contributed by atoms with Crippen LogP contribution in [-0.4, -0.2) is 52.7 Å². The predicted octanol–water partition coefficient (Wildman–Crippen LogP) is 2.87. The van der Waals surface area contributed by atoms with Gasteiger partial charge in [-0.1, -0.05) is 30.3 Å². The fraction of sp³-hybridized carbons (Fsp3) is 0.348. The average Bonchev–Trinajstić information content (AvgIpc) is 3.14. The van der Waals surface area contributed by atoms with Crippen molar-refractivity contribution in [2.45, 2.75) is 37.9 Å². The molecule has 6 nitrogen and oxygen atoms in total. The first-order chi connectivity index (χ1) is 14.1. The van der Waals surface area contributed by atoms with Gasteiger partial charge in [-0.15, -0.1) is 12.4 Å². The molecule has 2 fully saturated rings. The molecule has 3 aliphatic rings. The number of nitrogens with one attached hydrogen (secondary N) is 1. The predicted molar refractivity (Wildman–Crippen MR) is 115 cm³/mol. The zero-order chi connectivity index (χ0) is 20.0. The van der Waals surface area contributed by atoms with Crippen LogP contribution >= 0.6 is 12.4 Å². The number of halogens is 1. The number of carbonyl (C=O) groups is 3. The van der Waals surface area contributed by atoms with Crippen LogP contribution in [0.3, 0.4) is 0 Å². The standard InChI is InChI=1S/C23H23N3O3.ClH/c27-21(26-17-7-8-18(26)13-24-11-10-17)16-6-9-19-20(12-16)23(29)25(22(19)28)14-15-4-2-1-3-5-15;/h1-6,9,12,17-18,24H,7-8,10-11,13-14H2;1H. The van der Waals surface area contributed by atoms with E-state index in [1.165, 1.54) is 4.90 Å². The quantitative estimate of drug-likeness (QED) is 0.768. The molecule has 2 aromatic rings. The van der Waals surface area contributed by atoms with Crippen LogP contribution in [0.25, 0.3) is 0 Å². The molecule has 2 bridgehead atoms. The number of hydrogen-bond donors (Lipinski definition) is 1. The summed E-state index contributed by atoms with van der Waals surface area (Å²) in [5.41, 5.74) is 2.09. The van der Waals surface area contributed by atoms with Crippen LogP contribution in [0.5, 0.6) is 0 Å².